The largest absolute Gasteiger partial charge is 0.316 e. The van der Waals surface area contributed by atoms with Gasteiger partial charge >= 0.3 is 0 Å². The van der Waals surface area contributed by atoms with Gasteiger partial charge < -0.3 is 5.32 Å². The van der Waals surface area contributed by atoms with Crippen molar-refractivity contribution in [3.05, 3.63) is 0 Å². The molecule has 82 valence electrons. The van der Waals surface area contributed by atoms with Gasteiger partial charge in [-0.1, -0.05) is 26.7 Å². The average molecular weight is 195 g/mol. The molecule has 0 aromatic rings. The van der Waals surface area contributed by atoms with Crippen LogP contribution < -0.4 is 5.32 Å². The fraction of sp³-hybridized carbons (Fsp3) is 1.00. The lowest BCUT2D eigenvalue weighted by Crippen LogP contribution is -2.30. The molecule has 14 heavy (non-hydrogen) atoms. The maximum absolute atomic E-state index is 3.71. The van der Waals surface area contributed by atoms with E-state index < -0.39 is 0 Å². The first-order chi connectivity index (χ1) is 6.73. The fourth-order valence-electron chi connectivity index (χ4n) is 2.86. The molecule has 0 unspecified atom stereocenters. The zero-order valence-corrected chi connectivity index (χ0v) is 9.81. The van der Waals surface area contributed by atoms with Crippen molar-refractivity contribution in [1.29, 1.82) is 0 Å². The van der Waals surface area contributed by atoms with Crippen molar-refractivity contribution in [2.45, 2.75) is 52.4 Å². The lowest BCUT2D eigenvalue weighted by atomic mass is 9.92. The molecule has 0 heterocycles. The van der Waals surface area contributed by atoms with Crippen LogP contribution in [0.15, 0.2) is 0 Å². The van der Waals surface area contributed by atoms with E-state index >= 15 is 0 Å². The van der Waals surface area contributed by atoms with Crippen molar-refractivity contribution in [2.75, 3.05) is 13.1 Å². The van der Waals surface area contributed by atoms with Crippen LogP contribution in [0.2, 0.25) is 0 Å². The molecule has 0 aromatic heterocycles. The van der Waals surface area contributed by atoms with Crippen LogP contribution in [0.1, 0.15) is 52.4 Å². The van der Waals surface area contributed by atoms with Gasteiger partial charge in [0.1, 0.15) is 0 Å². The summed E-state index contributed by atoms with van der Waals surface area (Å²) < 4.78 is 0. The second-order valence-corrected chi connectivity index (χ2v) is 5.80. The van der Waals surface area contributed by atoms with E-state index in [-0.39, 0.29) is 0 Å². The minimum atomic E-state index is 0.693. The molecular formula is C13H25N. The minimum absolute atomic E-state index is 0.693. The van der Waals surface area contributed by atoms with E-state index in [2.05, 4.69) is 19.2 Å². The Labute approximate surface area is 88.7 Å². The minimum Gasteiger partial charge on any atom is -0.316 e. The molecule has 2 aliphatic carbocycles. The van der Waals surface area contributed by atoms with Gasteiger partial charge in [0.05, 0.1) is 0 Å². The predicted octanol–water partition coefficient (Wildman–Crippen LogP) is 3.20. The van der Waals surface area contributed by atoms with E-state index in [0.29, 0.717) is 5.41 Å². The van der Waals surface area contributed by atoms with Crippen molar-refractivity contribution in [3.63, 3.8) is 0 Å². The first-order valence-corrected chi connectivity index (χ1v) is 6.44. The summed E-state index contributed by atoms with van der Waals surface area (Å²) in [6.07, 6.45) is 8.82. The van der Waals surface area contributed by atoms with Crippen molar-refractivity contribution >= 4 is 0 Å². The number of nitrogens with one attached hydrogen (secondary N) is 1. The molecule has 0 amide bonds. The van der Waals surface area contributed by atoms with Gasteiger partial charge in [0.15, 0.2) is 0 Å². The fourth-order valence-corrected chi connectivity index (χ4v) is 2.86. The standard InChI is InChI=1S/C13H25N/c1-11(2)13(7-8-13)10-14-9-12-5-3-4-6-12/h11-12,14H,3-10H2,1-2H3. The Balaban J connectivity index is 1.62. The predicted molar refractivity (Wildman–Crippen MR) is 61.3 cm³/mol. The maximum atomic E-state index is 3.71. The monoisotopic (exact) mass is 195 g/mol. The van der Waals surface area contributed by atoms with E-state index in [0.717, 1.165) is 11.8 Å². The third-order valence-electron chi connectivity index (χ3n) is 4.50. The molecule has 0 spiro atoms. The molecule has 1 nitrogen and oxygen atoms in total. The highest BCUT2D eigenvalue weighted by Gasteiger charge is 2.44. The van der Waals surface area contributed by atoms with E-state index in [1.165, 1.54) is 51.6 Å². The first-order valence-electron chi connectivity index (χ1n) is 6.44. The van der Waals surface area contributed by atoms with Gasteiger partial charge in [-0.3, -0.25) is 0 Å². The van der Waals surface area contributed by atoms with E-state index in [9.17, 15) is 0 Å². The molecule has 0 atom stereocenters. The molecule has 2 fully saturated rings. The smallest absolute Gasteiger partial charge is 0.00104 e. The van der Waals surface area contributed by atoms with Crippen LogP contribution in [0.4, 0.5) is 0 Å². The summed E-state index contributed by atoms with van der Waals surface area (Å²) in [5.41, 5.74) is 0.693. The van der Waals surface area contributed by atoms with Gasteiger partial charge in [0, 0.05) is 6.54 Å². The van der Waals surface area contributed by atoms with Crippen molar-refractivity contribution < 1.29 is 0 Å². The summed E-state index contributed by atoms with van der Waals surface area (Å²) in [6.45, 7) is 7.32. The summed E-state index contributed by atoms with van der Waals surface area (Å²) in [6, 6.07) is 0. The molecular weight excluding hydrogens is 170 g/mol. The van der Waals surface area contributed by atoms with E-state index in [1.54, 1.807) is 0 Å². The molecule has 0 radical (unpaired) electrons. The van der Waals surface area contributed by atoms with E-state index in [1.807, 2.05) is 0 Å². The summed E-state index contributed by atoms with van der Waals surface area (Å²) in [4.78, 5) is 0. The molecule has 0 aliphatic heterocycles. The van der Waals surface area contributed by atoms with Gasteiger partial charge in [-0.05, 0) is 49.5 Å². The Morgan fingerprint density at radius 1 is 1.21 bits per heavy atom. The molecule has 2 rings (SSSR count). The lowest BCUT2D eigenvalue weighted by molar-refractivity contribution is 0.326. The summed E-state index contributed by atoms with van der Waals surface area (Å²) >= 11 is 0. The van der Waals surface area contributed by atoms with Gasteiger partial charge in [0.25, 0.3) is 0 Å². The molecule has 0 aromatic carbocycles. The number of hydrogen-bond donors (Lipinski definition) is 1. The Bertz CT molecular complexity index is 176. The molecule has 0 bridgehead atoms. The summed E-state index contributed by atoms with van der Waals surface area (Å²) in [7, 11) is 0. The van der Waals surface area contributed by atoms with Gasteiger partial charge in [-0.15, -0.1) is 0 Å². The second kappa shape index (κ2) is 4.22. The van der Waals surface area contributed by atoms with Gasteiger partial charge in [-0.25, -0.2) is 0 Å². The Morgan fingerprint density at radius 3 is 2.36 bits per heavy atom. The highest BCUT2D eigenvalue weighted by atomic mass is 14.9. The molecule has 1 heteroatoms. The molecule has 2 aliphatic rings. The van der Waals surface area contributed by atoms with Gasteiger partial charge in [-0.2, -0.15) is 0 Å². The van der Waals surface area contributed by atoms with Crippen molar-refractivity contribution in [1.82, 2.24) is 5.32 Å². The number of hydrogen-bond acceptors (Lipinski definition) is 1. The highest BCUT2D eigenvalue weighted by Crippen LogP contribution is 2.51. The zero-order chi connectivity index (χ0) is 10.0. The zero-order valence-electron chi connectivity index (χ0n) is 9.81. The molecule has 1 N–H and O–H groups in total. The SMILES string of the molecule is CC(C)C1(CNCC2CCCC2)CC1. The van der Waals surface area contributed by atoms with Crippen LogP contribution in [0.25, 0.3) is 0 Å². The summed E-state index contributed by atoms with van der Waals surface area (Å²) in [5.74, 6) is 1.87. The highest BCUT2D eigenvalue weighted by molar-refractivity contribution is 4.97. The van der Waals surface area contributed by atoms with Crippen molar-refractivity contribution in [3.8, 4) is 0 Å². The molecule has 0 saturated heterocycles. The third-order valence-corrected chi connectivity index (χ3v) is 4.50. The Morgan fingerprint density at radius 2 is 1.86 bits per heavy atom. The molecule has 2 saturated carbocycles. The van der Waals surface area contributed by atoms with Crippen LogP contribution in [-0.2, 0) is 0 Å². The maximum Gasteiger partial charge on any atom is 0.00104 e. The van der Waals surface area contributed by atoms with Gasteiger partial charge in [0.2, 0.25) is 0 Å². The Hall–Kier alpha value is -0.0400. The van der Waals surface area contributed by atoms with Crippen LogP contribution in [0, 0.1) is 17.3 Å². The quantitative estimate of drug-likeness (QED) is 0.710. The topological polar surface area (TPSA) is 12.0 Å². The second-order valence-electron chi connectivity index (χ2n) is 5.80. The lowest BCUT2D eigenvalue weighted by Gasteiger charge is -2.21. The average Bonchev–Trinajstić information content (AvgIpc) is 2.76. The Kier molecular flexibility index (Phi) is 3.16. The number of rotatable bonds is 5. The van der Waals surface area contributed by atoms with Crippen LogP contribution in [-0.4, -0.2) is 13.1 Å². The van der Waals surface area contributed by atoms with E-state index in [4.69, 9.17) is 0 Å². The first kappa shape index (κ1) is 10.5. The van der Waals surface area contributed by atoms with Crippen molar-refractivity contribution in [2.24, 2.45) is 17.3 Å². The summed E-state index contributed by atoms with van der Waals surface area (Å²) in [5, 5.41) is 3.71. The van der Waals surface area contributed by atoms with Crippen LogP contribution in [0.5, 0.6) is 0 Å². The van der Waals surface area contributed by atoms with Crippen LogP contribution >= 0.6 is 0 Å². The normalized spacial score (nSPS) is 25.9. The van der Waals surface area contributed by atoms with Crippen LogP contribution in [0.3, 0.4) is 0 Å². The third kappa shape index (κ3) is 2.31.